The van der Waals surface area contributed by atoms with E-state index in [0.29, 0.717) is 12.2 Å². The van der Waals surface area contributed by atoms with Crippen LogP contribution in [-0.4, -0.2) is 30.0 Å². The molecule has 100 valence electrons. The molecule has 19 heavy (non-hydrogen) atoms. The Balaban J connectivity index is 1.93. The van der Waals surface area contributed by atoms with E-state index in [4.69, 9.17) is 0 Å². The number of hydrogen-bond donors (Lipinski definition) is 2. The van der Waals surface area contributed by atoms with E-state index in [9.17, 15) is 4.79 Å². The minimum atomic E-state index is -0.141. The van der Waals surface area contributed by atoms with Gasteiger partial charge in [-0.1, -0.05) is 12.1 Å². The van der Waals surface area contributed by atoms with E-state index >= 15 is 0 Å². The fourth-order valence-electron chi connectivity index (χ4n) is 1.73. The number of H-pyrrole nitrogens is 1. The zero-order valence-electron chi connectivity index (χ0n) is 11.4. The van der Waals surface area contributed by atoms with E-state index in [2.05, 4.69) is 15.3 Å². The van der Waals surface area contributed by atoms with Crippen molar-refractivity contribution >= 4 is 11.6 Å². The molecule has 2 rings (SSSR count). The van der Waals surface area contributed by atoms with Gasteiger partial charge in [-0.25, -0.2) is 4.98 Å². The summed E-state index contributed by atoms with van der Waals surface area (Å²) in [5, 5.41) is 2.85. The van der Waals surface area contributed by atoms with Crippen molar-refractivity contribution in [3.63, 3.8) is 0 Å². The SMILES string of the molecule is Cc1ncc(C(=O)NCc2ccc(N(C)C)cc2)[nH]1. The van der Waals surface area contributed by atoms with E-state index in [-0.39, 0.29) is 5.91 Å². The molecule has 0 saturated heterocycles. The van der Waals surface area contributed by atoms with Gasteiger partial charge in [0.05, 0.1) is 6.20 Å². The molecular weight excluding hydrogens is 240 g/mol. The molecule has 1 aromatic heterocycles. The Bertz CT molecular complexity index is 557. The number of carbonyl (C=O) groups is 1. The lowest BCUT2D eigenvalue weighted by Gasteiger charge is -2.12. The molecule has 0 unspecified atom stereocenters. The van der Waals surface area contributed by atoms with E-state index < -0.39 is 0 Å². The molecule has 0 fully saturated rings. The molecule has 5 nitrogen and oxygen atoms in total. The Kier molecular flexibility index (Phi) is 3.85. The van der Waals surface area contributed by atoms with E-state index in [0.717, 1.165) is 17.1 Å². The van der Waals surface area contributed by atoms with Gasteiger partial charge in [0.1, 0.15) is 11.5 Å². The van der Waals surface area contributed by atoms with Gasteiger partial charge in [0, 0.05) is 26.3 Å². The number of carbonyl (C=O) groups excluding carboxylic acids is 1. The Labute approximate surface area is 112 Å². The van der Waals surface area contributed by atoms with Crippen LogP contribution in [-0.2, 0) is 6.54 Å². The lowest BCUT2D eigenvalue weighted by Crippen LogP contribution is -2.23. The zero-order valence-corrected chi connectivity index (χ0v) is 11.4. The maximum Gasteiger partial charge on any atom is 0.269 e. The number of aromatic nitrogens is 2. The maximum atomic E-state index is 11.8. The quantitative estimate of drug-likeness (QED) is 0.877. The van der Waals surface area contributed by atoms with Crippen LogP contribution in [0.25, 0.3) is 0 Å². The Morgan fingerprint density at radius 3 is 2.53 bits per heavy atom. The van der Waals surface area contributed by atoms with Gasteiger partial charge in [0.15, 0.2) is 0 Å². The highest BCUT2D eigenvalue weighted by molar-refractivity contribution is 5.92. The largest absolute Gasteiger partial charge is 0.378 e. The topological polar surface area (TPSA) is 61.0 Å². The third-order valence-corrected chi connectivity index (χ3v) is 2.85. The highest BCUT2D eigenvalue weighted by Gasteiger charge is 2.07. The first kappa shape index (κ1) is 13.1. The fraction of sp³-hybridized carbons (Fsp3) is 0.286. The first-order valence-corrected chi connectivity index (χ1v) is 6.12. The smallest absolute Gasteiger partial charge is 0.269 e. The second kappa shape index (κ2) is 5.56. The monoisotopic (exact) mass is 258 g/mol. The molecule has 1 aromatic carbocycles. The van der Waals surface area contributed by atoms with Crippen molar-refractivity contribution in [2.75, 3.05) is 19.0 Å². The average Bonchev–Trinajstić information content (AvgIpc) is 2.83. The number of anilines is 1. The second-order valence-corrected chi connectivity index (χ2v) is 4.63. The van der Waals surface area contributed by atoms with Crippen LogP contribution in [0, 0.1) is 6.92 Å². The predicted octanol–water partition coefficient (Wildman–Crippen LogP) is 1.71. The third kappa shape index (κ3) is 3.34. The summed E-state index contributed by atoms with van der Waals surface area (Å²) >= 11 is 0. The molecule has 0 atom stereocenters. The number of nitrogens with zero attached hydrogens (tertiary/aromatic N) is 2. The molecule has 1 heterocycles. The van der Waals surface area contributed by atoms with Crippen LogP contribution in [0.3, 0.4) is 0 Å². The molecule has 1 amide bonds. The highest BCUT2D eigenvalue weighted by atomic mass is 16.1. The van der Waals surface area contributed by atoms with Gasteiger partial charge in [-0.2, -0.15) is 0 Å². The summed E-state index contributed by atoms with van der Waals surface area (Å²) in [6, 6.07) is 8.07. The molecule has 0 spiro atoms. The number of benzene rings is 1. The van der Waals surface area contributed by atoms with Crippen molar-refractivity contribution in [1.82, 2.24) is 15.3 Å². The predicted molar refractivity (Wildman–Crippen MR) is 75.3 cm³/mol. The van der Waals surface area contributed by atoms with Gasteiger partial charge in [0.25, 0.3) is 5.91 Å². The number of rotatable bonds is 4. The molecule has 0 aliphatic heterocycles. The third-order valence-electron chi connectivity index (χ3n) is 2.85. The number of aromatic amines is 1. The molecule has 0 saturated carbocycles. The number of hydrogen-bond acceptors (Lipinski definition) is 3. The highest BCUT2D eigenvalue weighted by Crippen LogP contribution is 2.12. The maximum absolute atomic E-state index is 11.8. The Morgan fingerprint density at radius 2 is 2.00 bits per heavy atom. The van der Waals surface area contributed by atoms with Crippen molar-refractivity contribution < 1.29 is 4.79 Å². The summed E-state index contributed by atoms with van der Waals surface area (Å²) in [6.07, 6.45) is 1.54. The standard InChI is InChI=1S/C14H18N4O/c1-10-15-9-13(17-10)14(19)16-8-11-4-6-12(7-5-11)18(2)3/h4-7,9H,8H2,1-3H3,(H,15,17)(H,16,19). The minimum absolute atomic E-state index is 0.141. The van der Waals surface area contributed by atoms with Crippen molar-refractivity contribution in [3.05, 3.63) is 47.5 Å². The van der Waals surface area contributed by atoms with E-state index in [1.807, 2.05) is 50.2 Å². The van der Waals surface area contributed by atoms with Gasteiger partial charge >= 0.3 is 0 Å². The molecule has 0 bridgehead atoms. The average molecular weight is 258 g/mol. The van der Waals surface area contributed by atoms with Crippen LogP contribution >= 0.6 is 0 Å². The van der Waals surface area contributed by atoms with Gasteiger partial charge in [-0.15, -0.1) is 0 Å². The first-order valence-electron chi connectivity index (χ1n) is 6.12. The molecule has 2 aromatic rings. The number of imidazole rings is 1. The van der Waals surface area contributed by atoms with Crippen LogP contribution in [0.1, 0.15) is 21.9 Å². The van der Waals surface area contributed by atoms with Crippen molar-refractivity contribution in [1.29, 1.82) is 0 Å². The van der Waals surface area contributed by atoms with Crippen LogP contribution in [0.2, 0.25) is 0 Å². The summed E-state index contributed by atoms with van der Waals surface area (Å²) < 4.78 is 0. The van der Waals surface area contributed by atoms with E-state index in [1.54, 1.807) is 6.20 Å². The molecule has 0 radical (unpaired) electrons. The van der Waals surface area contributed by atoms with Crippen molar-refractivity contribution in [3.8, 4) is 0 Å². The van der Waals surface area contributed by atoms with Crippen LogP contribution in [0.4, 0.5) is 5.69 Å². The molecule has 0 aliphatic rings. The van der Waals surface area contributed by atoms with Crippen LogP contribution in [0.15, 0.2) is 30.5 Å². The summed E-state index contributed by atoms with van der Waals surface area (Å²) in [5.74, 6) is 0.595. The summed E-state index contributed by atoms with van der Waals surface area (Å²) in [6.45, 7) is 2.32. The van der Waals surface area contributed by atoms with Gasteiger partial charge < -0.3 is 15.2 Å². The lowest BCUT2D eigenvalue weighted by atomic mass is 10.2. The summed E-state index contributed by atoms with van der Waals surface area (Å²) in [7, 11) is 3.99. The summed E-state index contributed by atoms with van der Waals surface area (Å²) in [5.41, 5.74) is 2.69. The number of nitrogens with one attached hydrogen (secondary N) is 2. The molecular formula is C14H18N4O. The number of aryl methyl sites for hydroxylation is 1. The van der Waals surface area contributed by atoms with Gasteiger partial charge in [-0.05, 0) is 24.6 Å². The normalized spacial score (nSPS) is 10.3. The van der Waals surface area contributed by atoms with Gasteiger partial charge in [0.2, 0.25) is 0 Å². The lowest BCUT2D eigenvalue weighted by molar-refractivity contribution is 0.0946. The minimum Gasteiger partial charge on any atom is -0.378 e. The van der Waals surface area contributed by atoms with Crippen molar-refractivity contribution in [2.24, 2.45) is 0 Å². The molecule has 5 heteroatoms. The van der Waals surface area contributed by atoms with Crippen molar-refractivity contribution in [2.45, 2.75) is 13.5 Å². The summed E-state index contributed by atoms with van der Waals surface area (Å²) in [4.78, 5) is 20.8. The molecule has 2 N–H and O–H groups in total. The zero-order chi connectivity index (χ0) is 13.8. The van der Waals surface area contributed by atoms with Crippen LogP contribution in [0.5, 0.6) is 0 Å². The van der Waals surface area contributed by atoms with Gasteiger partial charge in [-0.3, -0.25) is 4.79 Å². The second-order valence-electron chi connectivity index (χ2n) is 4.63. The van der Waals surface area contributed by atoms with E-state index in [1.165, 1.54) is 0 Å². The Morgan fingerprint density at radius 1 is 1.32 bits per heavy atom. The molecule has 0 aliphatic carbocycles. The fourth-order valence-corrected chi connectivity index (χ4v) is 1.73. The van der Waals surface area contributed by atoms with Crippen LogP contribution < -0.4 is 10.2 Å². The first-order chi connectivity index (χ1) is 9.06. The number of amides is 1. The Hall–Kier alpha value is -2.30.